The van der Waals surface area contributed by atoms with Gasteiger partial charge in [-0.3, -0.25) is 4.57 Å². The lowest BCUT2D eigenvalue weighted by Gasteiger charge is -2.01. The highest BCUT2D eigenvalue weighted by molar-refractivity contribution is 7.60. The second-order valence-corrected chi connectivity index (χ2v) is 6.58. The zero-order valence-electron chi connectivity index (χ0n) is 12.6. The van der Waals surface area contributed by atoms with Crippen molar-refractivity contribution in [1.82, 2.24) is 0 Å². The lowest BCUT2D eigenvalue weighted by molar-refractivity contribution is 0.387. The first kappa shape index (κ1) is 17.8. The molecule has 0 amide bonds. The Balaban J connectivity index is 0.000000185. The van der Waals surface area contributed by atoms with Gasteiger partial charge in [-0.15, -0.1) is 0 Å². The molecule has 0 atom stereocenters. The van der Waals surface area contributed by atoms with Crippen molar-refractivity contribution in [2.24, 2.45) is 0 Å². The van der Waals surface area contributed by atoms with E-state index in [1.807, 2.05) is 24.3 Å². The molecule has 0 saturated carbocycles. The third-order valence-corrected chi connectivity index (χ3v) is 4.13. The molecule has 0 fully saturated rings. The van der Waals surface area contributed by atoms with Gasteiger partial charge < -0.3 is 20.0 Å². The van der Waals surface area contributed by atoms with Crippen LogP contribution < -0.4 is 5.30 Å². The van der Waals surface area contributed by atoms with E-state index in [1.165, 1.54) is 12.1 Å². The molecule has 3 aromatic rings. The SMILES string of the molecule is O=P(O)(O)c1ccccc1.Oc1ccc(-c2ccc(O)cc2)cc1. The van der Waals surface area contributed by atoms with Gasteiger partial charge in [-0.1, -0.05) is 42.5 Å². The van der Waals surface area contributed by atoms with Crippen molar-refractivity contribution in [3.63, 3.8) is 0 Å². The fraction of sp³-hybridized carbons (Fsp3) is 0. The summed E-state index contributed by atoms with van der Waals surface area (Å²) in [5.74, 6) is 0.514. The molecule has 0 aliphatic heterocycles. The zero-order valence-corrected chi connectivity index (χ0v) is 13.5. The standard InChI is InChI=1S/C12H10O2.C6H7O3P/c13-11-5-1-9(2-6-11)10-3-7-12(14)8-4-10;7-10(8,9)6-4-2-1-3-5-6/h1-8,13-14H;1-5H,(H2,7,8,9). The average Bonchev–Trinajstić information content (AvgIpc) is 2.57. The van der Waals surface area contributed by atoms with Crippen molar-refractivity contribution < 1.29 is 24.6 Å². The van der Waals surface area contributed by atoms with E-state index in [9.17, 15) is 4.57 Å². The van der Waals surface area contributed by atoms with Crippen molar-refractivity contribution in [3.05, 3.63) is 78.9 Å². The van der Waals surface area contributed by atoms with Crippen molar-refractivity contribution >= 4 is 12.9 Å². The fourth-order valence-electron chi connectivity index (χ4n) is 1.93. The van der Waals surface area contributed by atoms with Crippen LogP contribution in [-0.2, 0) is 4.57 Å². The van der Waals surface area contributed by atoms with Crippen LogP contribution in [0.25, 0.3) is 11.1 Å². The van der Waals surface area contributed by atoms with Gasteiger partial charge >= 0.3 is 7.60 Å². The molecule has 24 heavy (non-hydrogen) atoms. The first-order valence-corrected chi connectivity index (χ1v) is 8.67. The van der Waals surface area contributed by atoms with Gasteiger partial charge in [0.2, 0.25) is 0 Å². The van der Waals surface area contributed by atoms with Crippen molar-refractivity contribution in [2.45, 2.75) is 0 Å². The van der Waals surface area contributed by atoms with E-state index in [4.69, 9.17) is 20.0 Å². The van der Waals surface area contributed by atoms with E-state index in [-0.39, 0.29) is 16.8 Å². The minimum atomic E-state index is -4.02. The summed E-state index contributed by atoms with van der Waals surface area (Å²) in [6, 6.07) is 21.6. The molecule has 124 valence electrons. The Morgan fingerprint density at radius 1 is 0.583 bits per heavy atom. The normalized spacial score (nSPS) is 10.6. The van der Waals surface area contributed by atoms with Crippen molar-refractivity contribution in [1.29, 1.82) is 0 Å². The van der Waals surface area contributed by atoms with Gasteiger partial charge in [0.25, 0.3) is 0 Å². The lowest BCUT2D eigenvalue weighted by atomic mass is 10.1. The van der Waals surface area contributed by atoms with E-state index in [0.717, 1.165) is 11.1 Å². The van der Waals surface area contributed by atoms with Crippen LogP contribution in [0.4, 0.5) is 0 Å². The van der Waals surface area contributed by atoms with Crippen LogP contribution >= 0.6 is 7.60 Å². The van der Waals surface area contributed by atoms with Crippen LogP contribution in [0.5, 0.6) is 11.5 Å². The quantitative estimate of drug-likeness (QED) is 0.535. The van der Waals surface area contributed by atoms with Gasteiger partial charge in [0.15, 0.2) is 0 Å². The minimum absolute atomic E-state index is 0.0648. The maximum absolute atomic E-state index is 10.5. The third kappa shape index (κ3) is 5.25. The van der Waals surface area contributed by atoms with Gasteiger partial charge in [-0.05, 0) is 47.5 Å². The van der Waals surface area contributed by atoms with Gasteiger partial charge in [0, 0.05) is 0 Å². The predicted octanol–water partition coefficient (Wildman–Crippen LogP) is 3.25. The molecule has 0 unspecified atom stereocenters. The molecule has 6 heteroatoms. The molecule has 0 spiro atoms. The minimum Gasteiger partial charge on any atom is -0.508 e. The molecular weight excluding hydrogens is 327 g/mol. The number of hydrogen-bond donors (Lipinski definition) is 4. The monoisotopic (exact) mass is 344 g/mol. The number of phenols is 2. The fourth-order valence-corrected chi connectivity index (χ4v) is 2.49. The largest absolute Gasteiger partial charge is 0.508 e. The molecule has 0 aliphatic rings. The molecule has 4 N–H and O–H groups in total. The molecule has 0 radical (unpaired) electrons. The summed E-state index contributed by atoms with van der Waals surface area (Å²) in [5.41, 5.74) is 2.03. The van der Waals surface area contributed by atoms with Crippen LogP contribution in [0.2, 0.25) is 0 Å². The Morgan fingerprint density at radius 3 is 1.25 bits per heavy atom. The smallest absolute Gasteiger partial charge is 0.356 e. The highest BCUT2D eigenvalue weighted by atomic mass is 31.2. The van der Waals surface area contributed by atoms with E-state index in [0.29, 0.717) is 0 Å². The summed E-state index contributed by atoms with van der Waals surface area (Å²) >= 11 is 0. The summed E-state index contributed by atoms with van der Waals surface area (Å²) in [4.78, 5) is 17.2. The maximum Gasteiger partial charge on any atom is 0.356 e. The zero-order chi connectivity index (χ0) is 17.6. The Bertz CT molecular complexity index is 765. The maximum atomic E-state index is 10.5. The van der Waals surface area contributed by atoms with E-state index in [2.05, 4.69) is 0 Å². The van der Waals surface area contributed by atoms with Gasteiger partial charge in [0.05, 0.1) is 5.30 Å². The van der Waals surface area contributed by atoms with Crippen LogP contribution in [0.15, 0.2) is 78.9 Å². The molecule has 0 saturated heterocycles. The Morgan fingerprint density at radius 2 is 0.958 bits per heavy atom. The molecule has 0 aromatic heterocycles. The molecule has 3 aromatic carbocycles. The number of hydrogen-bond acceptors (Lipinski definition) is 3. The van der Waals surface area contributed by atoms with Crippen molar-refractivity contribution in [2.75, 3.05) is 0 Å². The third-order valence-electron chi connectivity index (χ3n) is 3.16. The van der Waals surface area contributed by atoms with E-state index >= 15 is 0 Å². The number of rotatable bonds is 2. The summed E-state index contributed by atoms with van der Waals surface area (Å²) in [6.07, 6.45) is 0. The number of benzene rings is 3. The molecule has 5 nitrogen and oxygen atoms in total. The predicted molar refractivity (Wildman–Crippen MR) is 93.3 cm³/mol. The highest BCUT2D eigenvalue weighted by Gasteiger charge is 2.14. The first-order valence-electron chi connectivity index (χ1n) is 7.06. The first-order chi connectivity index (χ1) is 11.4. The second kappa shape index (κ2) is 7.79. The molecule has 0 bridgehead atoms. The Hall–Kier alpha value is -2.59. The highest BCUT2D eigenvalue weighted by Crippen LogP contribution is 2.32. The molecule has 0 heterocycles. The number of phenolic OH excluding ortho intramolecular Hbond substituents is 2. The molecular formula is C18H17O5P. The van der Waals surface area contributed by atoms with Gasteiger partial charge in [-0.25, -0.2) is 0 Å². The van der Waals surface area contributed by atoms with Crippen LogP contribution in [0, 0.1) is 0 Å². The summed E-state index contributed by atoms with van der Waals surface area (Å²) in [7, 11) is -4.02. The van der Waals surface area contributed by atoms with Crippen molar-refractivity contribution in [3.8, 4) is 22.6 Å². The van der Waals surface area contributed by atoms with E-state index in [1.54, 1.807) is 42.5 Å². The van der Waals surface area contributed by atoms with Crippen LogP contribution in [0.3, 0.4) is 0 Å². The van der Waals surface area contributed by atoms with Crippen LogP contribution in [-0.4, -0.2) is 20.0 Å². The summed E-state index contributed by atoms with van der Waals surface area (Å²) in [5, 5.41) is 18.3. The average molecular weight is 344 g/mol. The second-order valence-electron chi connectivity index (χ2n) is 4.97. The number of aromatic hydroxyl groups is 2. The van der Waals surface area contributed by atoms with E-state index < -0.39 is 7.60 Å². The lowest BCUT2D eigenvalue weighted by Crippen LogP contribution is -2.01. The Kier molecular flexibility index (Phi) is 5.77. The Labute approximate surface area is 139 Å². The van der Waals surface area contributed by atoms with Crippen LogP contribution in [0.1, 0.15) is 0 Å². The summed E-state index contributed by atoms with van der Waals surface area (Å²) < 4.78 is 10.5. The molecule has 3 rings (SSSR count). The van der Waals surface area contributed by atoms with Gasteiger partial charge in [-0.2, -0.15) is 0 Å². The molecule has 0 aliphatic carbocycles. The topological polar surface area (TPSA) is 98.0 Å². The summed E-state index contributed by atoms with van der Waals surface area (Å²) in [6.45, 7) is 0. The van der Waals surface area contributed by atoms with Gasteiger partial charge in [0.1, 0.15) is 11.5 Å².